The molecule has 0 radical (unpaired) electrons. The average Bonchev–Trinajstić information content (AvgIpc) is 2.72. The Labute approximate surface area is 170 Å². The summed E-state index contributed by atoms with van der Waals surface area (Å²) in [5.41, 5.74) is -0.317. The second kappa shape index (κ2) is 10.5. The molecule has 0 bridgehead atoms. The number of ether oxygens (including phenoxy) is 2. The third-order valence-corrected chi connectivity index (χ3v) is 3.73. The van der Waals surface area contributed by atoms with E-state index >= 15 is 0 Å². The number of nitrogens with one attached hydrogen (secondary N) is 2. The average molecular weight is 418 g/mol. The summed E-state index contributed by atoms with van der Waals surface area (Å²) in [5, 5.41) is 27.0. The zero-order valence-electron chi connectivity index (χ0n) is 15.8. The van der Waals surface area contributed by atoms with Crippen LogP contribution in [0.2, 0.25) is 0 Å². The molecule has 0 saturated heterocycles. The number of benzene rings is 2. The highest BCUT2D eigenvalue weighted by Gasteiger charge is 2.21. The lowest BCUT2D eigenvalue weighted by molar-refractivity contribution is -0.394. The largest absolute Gasteiger partial charge is 0.477 e. The van der Waals surface area contributed by atoms with Crippen molar-refractivity contribution in [3.63, 3.8) is 0 Å². The van der Waals surface area contributed by atoms with Gasteiger partial charge in [0.2, 0.25) is 0 Å². The van der Waals surface area contributed by atoms with Crippen LogP contribution in [0.4, 0.5) is 17.1 Å². The van der Waals surface area contributed by atoms with Gasteiger partial charge < -0.3 is 20.1 Å². The molecule has 2 aromatic carbocycles. The Morgan fingerprint density at radius 2 is 1.73 bits per heavy atom. The van der Waals surface area contributed by atoms with Gasteiger partial charge in [-0.25, -0.2) is 0 Å². The first-order valence-electron chi connectivity index (χ1n) is 8.54. The van der Waals surface area contributed by atoms with Crippen LogP contribution < -0.4 is 15.4 Å². The van der Waals surface area contributed by atoms with Gasteiger partial charge >= 0.3 is 5.69 Å². The van der Waals surface area contributed by atoms with Gasteiger partial charge in [0.05, 0.1) is 22.5 Å². The number of hydrogen-bond donors (Lipinski definition) is 2. The van der Waals surface area contributed by atoms with E-state index in [9.17, 15) is 29.8 Å². The van der Waals surface area contributed by atoms with Crippen molar-refractivity contribution in [1.29, 1.82) is 0 Å². The fourth-order valence-electron chi connectivity index (χ4n) is 2.30. The summed E-state index contributed by atoms with van der Waals surface area (Å²) in [4.78, 5) is 44.1. The highest BCUT2D eigenvalue weighted by molar-refractivity contribution is 5.96. The van der Waals surface area contributed by atoms with Crippen LogP contribution in [0.15, 0.2) is 42.5 Å². The number of nitrogens with zero attached hydrogens (tertiary/aromatic N) is 2. The van der Waals surface area contributed by atoms with Crippen molar-refractivity contribution in [2.24, 2.45) is 0 Å². The molecule has 0 spiro atoms. The van der Waals surface area contributed by atoms with Crippen molar-refractivity contribution >= 4 is 28.9 Å². The van der Waals surface area contributed by atoms with E-state index in [1.807, 2.05) is 0 Å². The number of amides is 2. The van der Waals surface area contributed by atoms with E-state index in [0.29, 0.717) is 24.4 Å². The van der Waals surface area contributed by atoms with Crippen LogP contribution in [-0.2, 0) is 9.53 Å². The number of non-ortho nitro benzene ring substituents is 1. The molecule has 0 unspecified atom stereocenters. The standard InChI is InChI=1S/C18H18N4O8/c1-29-9-8-19-18(24)12-2-4-13(5-3-12)20-17(23)11-30-16-7-6-14(21(25)26)10-15(16)22(27)28/h2-7,10H,8-9,11H2,1H3,(H,19,24)(H,20,23). The fraction of sp³-hybridized carbons (Fsp3) is 0.222. The summed E-state index contributed by atoms with van der Waals surface area (Å²) >= 11 is 0. The van der Waals surface area contributed by atoms with Crippen LogP contribution in [0.3, 0.4) is 0 Å². The second-order valence-electron chi connectivity index (χ2n) is 5.83. The van der Waals surface area contributed by atoms with Gasteiger partial charge in [0, 0.05) is 31.0 Å². The van der Waals surface area contributed by atoms with Gasteiger partial charge in [0.15, 0.2) is 12.4 Å². The number of rotatable bonds is 10. The summed E-state index contributed by atoms with van der Waals surface area (Å²) < 4.78 is 9.97. The topological polar surface area (TPSA) is 163 Å². The normalized spacial score (nSPS) is 10.2. The van der Waals surface area contributed by atoms with E-state index in [1.54, 1.807) is 0 Å². The van der Waals surface area contributed by atoms with Gasteiger partial charge in [0.25, 0.3) is 17.5 Å². The molecule has 0 aliphatic carbocycles. The van der Waals surface area contributed by atoms with Crippen LogP contribution in [-0.4, -0.2) is 48.5 Å². The molecule has 158 valence electrons. The summed E-state index contributed by atoms with van der Waals surface area (Å²) in [6, 6.07) is 8.90. The maximum atomic E-state index is 12.0. The Balaban J connectivity index is 1.94. The van der Waals surface area contributed by atoms with Crippen LogP contribution in [0.1, 0.15) is 10.4 Å². The third-order valence-electron chi connectivity index (χ3n) is 3.73. The van der Waals surface area contributed by atoms with E-state index in [-0.39, 0.29) is 11.7 Å². The maximum absolute atomic E-state index is 12.0. The van der Waals surface area contributed by atoms with E-state index in [2.05, 4.69) is 10.6 Å². The van der Waals surface area contributed by atoms with Crippen molar-refractivity contribution in [3.8, 4) is 5.75 Å². The predicted octanol–water partition coefficient (Wildman–Crippen LogP) is 1.90. The third kappa shape index (κ3) is 6.24. The monoisotopic (exact) mass is 418 g/mol. The quantitative estimate of drug-likeness (QED) is 0.336. The molecule has 0 aromatic heterocycles. The first-order valence-corrected chi connectivity index (χ1v) is 8.54. The molecule has 0 atom stereocenters. The molecule has 0 heterocycles. The van der Waals surface area contributed by atoms with E-state index in [1.165, 1.54) is 31.4 Å². The predicted molar refractivity (Wildman–Crippen MR) is 105 cm³/mol. The lowest BCUT2D eigenvalue weighted by Gasteiger charge is -2.09. The van der Waals surface area contributed by atoms with Crippen molar-refractivity contribution in [2.75, 3.05) is 32.2 Å². The molecule has 0 fully saturated rings. The Kier molecular flexibility index (Phi) is 7.76. The van der Waals surface area contributed by atoms with Crippen molar-refractivity contribution in [2.45, 2.75) is 0 Å². The first kappa shape index (κ1) is 22.2. The van der Waals surface area contributed by atoms with E-state index in [0.717, 1.165) is 18.2 Å². The zero-order chi connectivity index (χ0) is 22.1. The number of hydrogen-bond acceptors (Lipinski definition) is 8. The molecule has 2 amide bonds. The molecule has 2 N–H and O–H groups in total. The van der Waals surface area contributed by atoms with Gasteiger partial charge in [-0.05, 0) is 30.3 Å². The first-order chi connectivity index (χ1) is 14.3. The molecule has 30 heavy (non-hydrogen) atoms. The Morgan fingerprint density at radius 3 is 2.33 bits per heavy atom. The molecule has 0 saturated carbocycles. The molecule has 12 heteroatoms. The number of carbonyl (C=O) groups is 2. The van der Waals surface area contributed by atoms with Crippen molar-refractivity contribution in [3.05, 3.63) is 68.3 Å². The van der Waals surface area contributed by atoms with Gasteiger partial charge in [-0.15, -0.1) is 0 Å². The Hall–Kier alpha value is -4.06. The fourth-order valence-corrected chi connectivity index (χ4v) is 2.30. The number of nitro groups is 2. The molecular formula is C18H18N4O8. The highest BCUT2D eigenvalue weighted by atomic mass is 16.6. The van der Waals surface area contributed by atoms with Gasteiger partial charge in [-0.1, -0.05) is 0 Å². The van der Waals surface area contributed by atoms with Gasteiger partial charge in [0.1, 0.15) is 0 Å². The number of nitro benzene ring substituents is 2. The molecular weight excluding hydrogens is 400 g/mol. The Morgan fingerprint density at radius 1 is 1.03 bits per heavy atom. The maximum Gasteiger partial charge on any atom is 0.317 e. The smallest absolute Gasteiger partial charge is 0.317 e. The van der Waals surface area contributed by atoms with Crippen LogP contribution in [0.5, 0.6) is 5.75 Å². The molecule has 0 aliphatic heterocycles. The number of anilines is 1. The lowest BCUT2D eigenvalue weighted by atomic mass is 10.2. The minimum atomic E-state index is -0.837. The van der Waals surface area contributed by atoms with Crippen molar-refractivity contribution in [1.82, 2.24) is 5.32 Å². The van der Waals surface area contributed by atoms with Gasteiger partial charge in [-0.3, -0.25) is 29.8 Å². The lowest BCUT2D eigenvalue weighted by Crippen LogP contribution is -2.26. The summed E-state index contributed by atoms with van der Waals surface area (Å²) in [6.07, 6.45) is 0. The molecule has 2 aromatic rings. The number of carbonyl (C=O) groups excluding carboxylic acids is 2. The molecule has 2 rings (SSSR count). The summed E-state index contributed by atoms with van der Waals surface area (Å²) in [6.45, 7) is 0.185. The number of methoxy groups -OCH3 is 1. The Bertz CT molecular complexity index is 946. The minimum Gasteiger partial charge on any atom is -0.477 e. The highest BCUT2D eigenvalue weighted by Crippen LogP contribution is 2.30. The second-order valence-corrected chi connectivity index (χ2v) is 5.83. The van der Waals surface area contributed by atoms with Crippen molar-refractivity contribution < 1.29 is 28.9 Å². The van der Waals surface area contributed by atoms with Crippen LogP contribution in [0, 0.1) is 20.2 Å². The zero-order valence-corrected chi connectivity index (χ0v) is 15.8. The van der Waals surface area contributed by atoms with E-state index < -0.39 is 33.7 Å². The minimum absolute atomic E-state index is 0.274. The van der Waals surface area contributed by atoms with Crippen LogP contribution >= 0.6 is 0 Å². The summed E-state index contributed by atoms with van der Waals surface area (Å²) in [7, 11) is 1.52. The summed E-state index contributed by atoms with van der Waals surface area (Å²) in [5.74, 6) is -1.18. The van der Waals surface area contributed by atoms with Crippen LogP contribution in [0.25, 0.3) is 0 Å². The molecule has 0 aliphatic rings. The van der Waals surface area contributed by atoms with Gasteiger partial charge in [-0.2, -0.15) is 0 Å². The molecule has 12 nitrogen and oxygen atoms in total. The van der Waals surface area contributed by atoms with E-state index in [4.69, 9.17) is 9.47 Å². The SMILES string of the molecule is COCCNC(=O)c1ccc(NC(=O)COc2ccc([N+](=O)[O-])cc2[N+](=O)[O-])cc1.